The molecule has 0 aromatic carbocycles. The van der Waals surface area contributed by atoms with Crippen LogP contribution < -0.4 is 22.1 Å². The van der Waals surface area contributed by atoms with Crippen LogP contribution in [0.4, 0.5) is 21.7 Å². The fourth-order valence-corrected chi connectivity index (χ4v) is 2.24. The van der Waals surface area contributed by atoms with Crippen molar-refractivity contribution in [1.29, 1.82) is 0 Å². The molecule has 2 amide bonds. The summed E-state index contributed by atoms with van der Waals surface area (Å²) in [5.41, 5.74) is 10.8. The van der Waals surface area contributed by atoms with Gasteiger partial charge in [0.05, 0.1) is 24.3 Å². The van der Waals surface area contributed by atoms with Crippen LogP contribution in [0.25, 0.3) is 0 Å². The number of pyridine rings is 1. The smallest absolute Gasteiger partial charge is 0.271 e. The van der Waals surface area contributed by atoms with Crippen molar-refractivity contribution in [3.63, 3.8) is 0 Å². The molecule has 10 heteroatoms. The highest BCUT2D eigenvalue weighted by atomic mass is 19.1. The maximum absolute atomic E-state index is 13.3. The molecular formula is C16H20FN7O2. The van der Waals surface area contributed by atoms with Gasteiger partial charge in [-0.2, -0.15) is 0 Å². The van der Waals surface area contributed by atoms with E-state index in [4.69, 9.17) is 11.5 Å². The molecule has 0 saturated carbocycles. The minimum atomic E-state index is -0.815. The number of rotatable bonds is 8. The number of anilines is 3. The van der Waals surface area contributed by atoms with Crippen molar-refractivity contribution in [2.75, 3.05) is 10.6 Å². The van der Waals surface area contributed by atoms with Crippen molar-refractivity contribution in [3.8, 4) is 0 Å². The Hall–Kier alpha value is -3.30. The molecule has 0 saturated heterocycles. The first kappa shape index (κ1) is 19.0. The van der Waals surface area contributed by atoms with Crippen LogP contribution in [0.2, 0.25) is 0 Å². The third kappa shape index (κ3) is 5.10. The van der Waals surface area contributed by atoms with Crippen molar-refractivity contribution in [3.05, 3.63) is 36.2 Å². The van der Waals surface area contributed by atoms with Crippen LogP contribution in [0.15, 0.2) is 24.7 Å². The normalized spacial score (nSPS) is 11.8. The summed E-state index contributed by atoms with van der Waals surface area (Å²) >= 11 is 0. The summed E-state index contributed by atoms with van der Waals surface area (Å²) < 4.78 is 13.3. The lowest BCUT2D eigenvalue weighted by atomic mass is 10.0. The third-order valence-corrected chi connectivity index (χ3v) is 3.35. The molecule has 26 heavy (non-hydrogen) atoms. The number of amides is 2. The van der Waals surface area contributed by atoms with Crippen molar-refractivity contribution < 1.29 is 14.0 Å². The Morgan fingerprint density at radius 2 is 1.96 bits per heavy atom. The lowest BCUT2D eigenvalue weighted by Crippen LogP contribution is -2.37. The molecule has 9 nitrogen and oxygen atoms in total. The number of nitrogens with zero attached hydrogens (tertiary/aromatic N) is 3. The zero-order valence-corrected chi connectivity index (χ0v) is 14.4. The molecule has 0 aliphatic heterocycles. The lowest BCUT2D eigenvalue weighted by molar-refractivity contribution is -0.119. The highest BCUT2D eigenvalue weighted by molar-refractivity contribution is 5.96. The first-order valence-electron chi connectivity index (χ1n) is 7.86. The second-order valence-corrected chi connectivity index (χ2v) is 6.06. The van der Waals surface area contributed by atoms with Gasteiger partial charge in [0.25, 0.3) is 5.91 Å². The van der Waals surface area contributed by atoms with E-state index >= 15 is 0 Å². The SMILES string of the molecule is CC(C)CC(Nc1cnc(C(N)=O)c(Nc2cncc(F)c2)n1)C(N)=O. The number of halogens is 1. The Kier molecular flexibility index (Phi) is 5.99. The van der Waals surface area contributed by atoms with Crippen LogP contribution in [0, 0.1) is 11.7 Å². The number of nitrogens with one attached hydrogen (secondary N) is 2. The van der Waals surface area contributed by atoms with Gasteiger partial charge < -0.3 is 22.1 Å². The fraction of sp³-hybridized carbons (Fsp3) is 0.312. The number of nitrogens with two attached hydrogens (primary N) is 2. The Balaban J connectivity index is 2.32. The van der Waals surface area contributed by atoms with E-state index in [1.807, 2.05) is 13.8 Å². The van der Waals surface area contributed by atoms with Gasteiger partial charge in [0.15, 0.2) is 11.5 Å². The predicted octanol–water partition coefficient (Wildman–Crippen LogP) is 1.17. The van der Waals surface area contributed by atoms with Crippen molar-refractivity contribution in [1.82, 2.24) is 15.0 Å². The van der Waals surface area contributed by atoms with Gasteiger partial charge in [-0.05, 0) is 12.3 Å². The first-order valence-corrected chi connectivity index (χ1v) is 7.86. The summed E-state index contributed by atoms with van der Waals surface area (Å²) in [5, 5.41) is 5.63. The number of aromatic nitrogens is 3. The van der Waals surface area contributed by atoms with Crippen LogP contribution in [-0.4, -0.2) is 32.8 Å². The van der Waals surface area contributed by atoms with Crippen molar-refractivity contribution >= 4 is 29.1 Å². The topological polar surface area (TPSA) is 149 Å². The van der Waals surface area contributed by atoms with Crippen molar-refractivity contribution in [2.45, 2.75) is 26.3 Å². The second kappa shape index (κ2) is 8.19. The molecule has 1 unspecified atom stereocenters. The number of carbonyl (C=O) groups is 2. The van der Waals surface area contributed by atoms with Crippen LogP contribution >= 0.6 is 0 Å². The summed E-state index contributed by atoms with van der Waals surface area (Å²) in [4.78, 5) is 35.0. The zero-order chi connectivity index (χ0) is 19.3. The number of carbonyl (C=O) groups excluding carboxylic acids is 2. The zero-order valence-electron chi connectivity index (χ0n) is 14.4. The average Bonchev–Trinajstić information content (AvgIpc) is 2.53. The molecule has 0 aliphatic carbocycles. The van der Waals surface area contributed by atoms with Gasteiger partial charge >= 0.3 is 0 Å². The molecule has 0 aliphatic rings. The molecular weight excluding hydrogens is 341 g/mol. The van der Waals surface area contributed by atoms with Crippen LogP contribution in [-0.2, 0) is 4.79 Å². The highest BCUT2D eigenvalue weighted by Gasteiger charge is 2.19. The highest BCUT2D eigenvalue weighted by Crippen LogP contribution is 2.20. The third-order valence-electron chi connectivity index (χ3n) is 3.35. The Morgan fingerprint density at radius 1 is 1.23 bits per heavy atom. The fourth-order valence-electron chi connectivity index (χ4n) is 2.24. The minimum Gasteiger partial charge on any atom is -0.368 e. The second-order valence-electron chi connectivity index (χ2n) is 6.06. The average molecular weight is 361 g/mol. The lowest BCUT2D eigenvalue weighted by Gasteiger charge is -2.18. The number of primary amides is 2. The van der Waals surface area contributed by atoms with E-state index in [1.165, 1.54) is 18.5 Å². The van der Waals surface area contributed by atoms with E-state index in [9.17, 15) is 14.0 Å². The van der Waals surface area contributed by atoms with Gasteiger partial charge in [-0.15, -0.1) is 0 Å². The van der Waals surface area contributed by atoms with Gasteiger partial charge in [0.2, 0.25) is 5.91 Å². The largest absolute Gasteiger partial charge is 0.368 e. The van der Waals surface area contributed by atoms with E-state index < -0.39 is 23.7 Å². The quantitative estimate of drug-likeness (QED) is 0.551. The number of hydrogen-bond acceptors (Lipinski definition) is 7. The van der Waals surface area contributed by atoms with E-state index in [0.29, 0.717) is 6.42 Å². The number of hydrogen-bond donors (Lipinski definition) is 4. The predicted molar refractivity (Wildman–Crippen MR) is 94.1 cm³/mol. The molecule has 2 aromatic heterocycles. The Bertz CT molecular complexity index is 813. The molecule has 2 aromatic rings. The molecule has 0 spiro atoms. The Morgan fingerprint density at radius 3 is 2.54 bits per heavy atom. The van der Waals surface area contributed by atoms with Crippen molar-refractivity contribution in [2.24, 2.45) is 17.4 Å². The molecule has 1 atom stereocenters. The van der Waals surface area contributed by atoms with Gasteiger partial charge in [-0.25, -0.2) is 14.4 Å². The summed E-state index contributed by atoms with van der Waals surface area (Å²) in [6, 6.07) is 0.511. The van der Waals surface area contributed by atoms with Crippen LogP contribution in [0.3, 0.4) is 0 Å². The van der Waals surface area contributed by atoms with E-state index in [1.54, 1.807) is 0 Å². The van der Waals surface area contributed by atoms with E-state index in [0.717, 1.165) is 6.20 Å². The minimum absolute atomic E-state index is 0.00247. The van der Waals surface area contributed by atoms with Crippen LogP contribution in [0.1, 0.15) is 30.8 Å². The standard InChI is InChI=1S/C16H20FN7O2/c1-8(2)3-11(14(18)25)23-12-7-21-13(15(19)26)16(24-12)22-10-4-9(17)5-20-6-10/h4-8,11H,3H2,1-2H3,(H2,18,25)(H2,19,26)(H2,22,23,24). The molecule has 2 rings (SSSR count). The summed E-state index contributed by atoms with van der Waals surface area (Å²) in [7, 11) is 0. The molecule has 2 heterocycles. The van der Waals surface area contributed by atoms with Crippen LogP contribution in [0.5, 0.6) is 0 Å². The van der Waals surface area contributed by atoms with E-state index in [-0.39, 0.29) is 28.9 Å². The Labute approximate surface area is 149 Å². The molecule has 6 N–H and O–H groups in total. The monoisotopic (exact) mass is 361 g/mol. The van der Waals surface area contributed by atoms with Gasteiger partial charge in [0, 0.05) is 6.07 Å². The molecule has 0 radical (unpaired) electrons. The summed E-state index contributed by atoms with van der Waals surface area (Å²) in [5.74, 6) is -1.49. The summed E-state index contributed by atoms with van der Waals surface area (Å²) in [6.45, 7) is 3.90. The van der Waals surface area contributed by atoms with Gasteiger partial charge in [-0.1, -0.05) is 13.8 Å². The first-order chi connectivity index (χ1) is 12.3. The maximum atomic E-state index is 13.3. The maximum Gasteiger partial charge on any atom is 0.271 e. The van der Waals surface area contributed by atoms with Gasteiger partial charge in [0.1, 0.15) is 17.7 Å². The molecule has 0 fully saturated rings. The summed E-state index contributed by atoms with van der Waals surface area (Å²) in [6.07, 6.45) is 4.14. The van der Waals surface area contributed by atoms with Gasteiger partial charge in [-0.3, -0.25) is 14.6 Å². The molecule has 138 valence electrons. The van der Waals surface area contributed by atoms with E-state index in [2.05, 4.69) is 25.6 Å². The molecule has 0 bridgehead atoms.